The molecule has 2 amide bonds. The lowest BCUT2D eigenvalue weighted by atomic mass is 10.00. The summed E-state index contributed by atoms with van der Waals surface area (Å²) in [5.41, 5.74) is 2.43. The van der Waals surface area contributed by atoms with Crippen molar-refractivity contribution in [2.75, 3.05) is 44.9 Å². The van der Waals surface area contributed by atoms with E-state index in [2.05, 4.69) is 22.6 Å². The molecule has 0 aromatic heterocycles. The van der Waals surface area contributed by atoms with Crippen molar-refractivity contribution in [3.05, 3.63) is 23.8 Å². The highest BCUT2D eigenvalue weighted by Crippen LogP contribution is 2.22. The van der Waals surface area contributed by atoms with Gasteiger partial charge in [-0.15, -0.1) is 0 Å². The third-order valence-electron chi connectivity index (χ3n) is 4.60. The quantitative estimate of drug-likeness (QED) is 0.830. The van der Waals surface area contributed by atoms with Gasteiger partial charge in [0.2, 0.25) is 11.8 Å². The van der Waals surface area contributed by atoms with Crippen LogP contribution in [0.4, 0.5) is 11.4 Å². The molecule has 1 aliphatic rings. The summed E-state index contributed by atoms with van der Waals surface area (Å²) in [6, 6.07) is 5.91. The summed E-state index contributed by atoms with van der Waals surface area (Å²) in [4.78, 5) is 28.4. The first-order chi connectivity index (χ1) is 11.8. The number of aryl methyl sites for hydroxylation is 1. The number of amides is 2. The molecule has 1 fully saturated rings. The maximum Gasteiger partial charge on any atom is 0.238 e. The van der Waals surface area contributed by atoms with Gasteiger partial charge in [-0.05, 0) is 65.1 Å². The fourth-order valence-corrected chi connectivity index (χ4v) is 3.14. The zero-order valence-corrected chi connectivity index (χ0v) is 15.8. The van der Waals surface area contributed by atoms with E-state index in [-0.39, 0.29) is 11.8 Å². The average Bonchev–Trinajstić information content (AvgIpc) is 2.52. The zero-order valence-electron chi connectivity index (χ0n) is 15.8. The van der Waals surface area contributed by atoms with Crippen molar-refractivity contribution in [1.29, 1.82) is 0 Å². The monoisotopic (exact) mass is 346 g/mol. The van der Waals surface area contributed by atoms with Crippen LogP contribution in [-0.2, 0) is 9.59 Å². The first-order valence-electron chi connectivity index (χ1n) is 8.90. The van der Waals surface area contributed by atoms with Crippen molar-refractivity contribution >= 4 is 23.2 Å². The minimum Gasteiger partial charge on any atom is -0.326 e. The van der Waals surface area contributed by atoms with Crippen molar-refractivity contribution in [2.24, 2.45) is 0 Å². The summed E-state index contributed by atoms with van der Waals surface area (Å²) in [6.07, 6.45) is 3.98. The van der Waals surface area contributed by atoms with E-state index < -0.39 is 0 Å². The maximum absolute atomic E-state index is 12.4. The lowest BCUT2D eigenvalue weighted by molar-refractivity contribution is -0.118. The van der Waals surface area contributed by atoms with Gasteiger partial charge < -0.3 is 20.4 Å². The van der Waals surface area contributed by atoms with Crippen LogP contribution < -0.4 is 10.6 Å². The molecule has 138 valence electrons. The van der Waals surface area contributed by atoms with E-state index >= 15 is 0 Å². The number of rotatable bonds is 6. The van der Waals surface area contributed by atoms with E-state index in [1.807, 2.05) is 44.1 Å². The van der Waals surface area contributed by atoms with Crippen molar-refractivity contribution in [3.8, 4) is 0 Å². The molecule has 0 radical (unpaired) electrons. The topological polar surface area (TPSA) is 64.7 Å². The fraction of sp³-hybridized carbons (Fsp3) is 0.579. The van der Waals surface area contributed by atoms with E-state index in [0.717, 1.165) is 24.2 Å². The van der Waals surface area contributed by atoms with Gasteiger partial charge in [-0.2, -0.15) is 0 Å². The Morgan fingerprint density at radius 1 is 1.20 bits per heavy atom. The van der Waals surface area contributed by atoms with E-state index in [1.54, 1.807) is 0 Å². The maximum atomic E-state index is 12.4. The predicted molar refractivity (Wildman–Crippen MR) is 102 cm³/mol. The Kier molecular flexibility index (Phi) is 6.96. The lowest BCUT2D eigenvalue weighted by Gasteiger charge is -2.32. The van der Waals surface area contributed by atoms with Crippen LogP contribution in [0.3, 0.4) is 0 Å². The molecule has 25 heavy (non-hydrogen) atoms. The number of hydrogen-bond acceptors (Lipinski definition) is 4. The van der Waals surface area contributed by atoms with Crippen LogP contribution >= 0.6 is 0 Å². The number of likely N-dealkylation sites (N-methyl/N-ethyl adjacent to an activating group) is 1. The molecule has 6 heteroatoms. The van der Waals surface area contributed by atoms with E-state index in [0.29, 0.717) is 24.7 Å². The largest absolute Gasteiger partial charge is 0.326 e. The van der Waals surface area contributed by atoms with Crippen molar-refractivity contribution in [3.63, 3.8) is 0 Å². The second kappa shape index (κ2) is 8.97. The summed E-state index contributed by atoms with van der Waals surface area (Å²) in [5.74, 6) is -0.0476. The van der Waals surface area contributed by atoms with E-state index in [1.165, 1.54) is 12.8 Å². The Morgan fingerprint density at radius 2 is 1.96 bits per heavy atom. The van der Waals surface area contributed by atoms with Gasteiger partial charge in [0.05, 0.1) is 6.54 Å². The number of likely N-dealkylation sites (tertiary alicyclic amines) is 1. The summed E-state index contributed by atoms with van der Waals surface area (Å²) >= 11 is 0. The highest BCUT2D eigenvalue weighted by Gasteiger charge is 2.21. The number of piperidine rings is 1. The number of nitrogens with zero attached hydrogens (tertiary/aromatic N) is 2. The molecular formula is C19H30N4O2. The average molecular weight is 346 g/mol. The van der Waals surface area contributed by atoms with Crippen molar-refractivity contribution in [1.82, 2.24) is 9.80 Å². The molecule has 0 spiro atoms. The van der Waals surface area contributed by atoms with Gasteiger partial charge in [0.1, 0.15) is 0 Å². The molecule has 2 N–H and O–H groups in total. The molecule has 0 saturated carbocycles. The van der Waals surface area contributed by atoms with Crippen molar-refractivity contribution in [2.45, 2.75) is 38.6 Å². The van der Waals surface area contributed by atoms with Gasteiger partial charge in [0.25, 0.3) is 0 Å². The van der Waals surface area contributed by atoms with Crippen LogP contribution in [0.15, 0.2) is 18.2 Å². The molecule has 1 aromatic carbocycles. The van der Waals surface area contributed by atoms with Crippen molar-refractivity contribution < 1.29 is 9.59 Å². The van der Waals surface area contributed by atoms with Gasteiger partial charge in [-0.3, -0.25) is 9.59 Å². The Hall–Kier alpha value is -1.92. The second-order valence-corrected chi connectivity index (χ2v) is 7.20. The molecule has 0 aliphatic carbocycles. The Balaban J connectivity index is 1.97. The van der Waals surface area contributed by atoms with Crippen LogP contribution in [0, 0.1) is 6.92 Å². The SMILES string of the molecule is Cc1ccc(NC(=O)CN(C)C)cc1NC(=O)CC1CCCCN1C. The minimum atomic E-state index is -0.0741. The van der Waals surface area contributed by atoms with E-state index in [4.69, 9.17) is 0 Å². The molecule has 6 nitrogen and oxygen atoms in total. The molecule has 1 atom stereocenters. The first-order valence-corrected chi connectivity index (χ1v) is 8.90. The van der Waals surface area contributed by atoms with Crippen LogP contribution in [0.1, 0.15) is 31.2 Å². The molecule has 0 bridgehead atoms. The molecule has 1 aliphatic heterocycles. The molecular weight excluding hydrogens is 316 g/mol. The van der Waals surface area contributed by atoms with Gasteiger partial charge in [-0.1, -0.05) is 12.5 Å². The second-order valence-electron chi connectivity index (χ2n) is 7.20. The number of nitrogens with one attached hydrogen (secondary N) is 2. The number of anilines is 2. The number of benzene rings is 1. The minimum absolute atomic E-state index is 0.0265. The smallest absolute Gasteiger partial charge is 0.238 e. The number of hydrogen-bond donors (Lipinski definition) is 2. The summed E-state index contributed by atoms with van der Waals surface area (Å²) in [6.45, 7) is 3.34. The summed E-state index contributed by atoms with van der Waals surface area (Å²) < 4.78 is 0. The Labute approximate surface area is 150 Å². The molecule has 1 aromatic rings. The highest BCUT2D eigenvalue weighted by atomic mass is 16.2. The first kappa shape index (κ1) is 19.4. The van der Waals surface area contributed by atoms with Crippen LogP contribution in [0.5, 0.6) is 0 Å². The number of carbonyl (C=O) groups is 2. The van der Waals surface area contributed by atoms with Gasteiger partial charge in [0.15, 0.2) is 0 Å². The fourth-order valence-electron chi connectivity index (χ4n) is 3.14. The Bertz CT molecular complexity index is 615. The van der Waals surface area contributed by atoms with Gasteiger partial charge in [0, 0.05) is 23.8 Å². The number of carbonyl (C=O) groups excluding carboxylic acids is 2. The third-order valence-corrected chi connectivity index (χ3v) is 4.60. The van der Waals surface area contributed by atoms with Crippen LogP contribution in [-0.4, -0.2) is 61.9 Å². The summed E-state index contributed by atoms with van der Waals surface area (Å²) in [5, 5.41) is 5.87. The van der Waals surface area contributed by atoms with Gasteiger partial charge in [-0.25, -0.2) is 0 Å². The predicted octanol–water partition coefficient (Wildman–Crippen LogP) is 2.31. The van der Waals surface area contributed by atoms with Crippen LogP contribution in [0.2, 0.25) is 0 Å². The van der Waals surface area contributed by atoms with E-state index in [9.17, 15) is 9.59 Å². The molecule has 1 heterocycles. The van der Waals surface area contributed by atoms with Gasteiger partial charge >= 0.3 is 0 Å². The lowest BCUT2D eigenvalue weighted by Crippen LogP contribution is -2.38. The zero-order chi connectivity index (χ0) is 18.4. The molecule has 2 rings (SSSR count). The van der Waals surface area contributed by atoms with Crippen LogP contribution in [0.25, 0.3) is 0 Å². The molecule has 1 saturated heterocycles. The Morgan fingerprint density at radius 3 is 2.64 bits per heavy atom. The highest BCUT2D eigenvalue weighted by molar-refractivity contribution is 5.95. The summed E-state index contributed by atoms with van der Waals surface area (Å²) in [7, 11) is 5.79. The third kappa shape index (κ3) is 6.14. The normalized spacial score (nSPS) is 18.2. The standard InChI is InChI=1S/C19H30N4O2/c1-14-8-9-15(20-19(25)13-22(2)3)11-17(14)21-18(24)12-16-7-5-6-10-23(16)4/h8-9,11,16H,5-7,10,12-13H2,1-4H3,(H,20,25)(H,21,24). The molecule has 1 unspecified atom stereocenters.